The first-order valence-corrected chi connectivity index (χ1v) is 6.37. The van der Waals surface area contributed by atoms with E-state index in [2.05, 4.69) is 5.32 Å². The van der Waals surface area contributed by atoms with Crippen LogP contribution in [0.15, 0.2) is 18.2 Å². The lowest BCUT2D eigenvalue weighted by Crippen LogP contribution is -2.40. The van der Waals surface area contributed by atoms with Crippen molar-refractivity contribution in [3.8, 4) is 5.75 Å². The molecule has 0 fully saturated rings. The summed E-state index contributed by atoms with van der Waals surface area (Å²) in [5.74, 6) is -2.45. The number of aromatic hydroxyl groups is 1. The topological polar surface area (TPSA) is 130 Å². The highest BCUT2D eigenvalue weighted by Gasteiger charge is 2.22. The SMILES string of the molecule is CCCCC(NC(=O)c1ccc(O)c([N+](=O)[O-])c1)C(=O)O. The molecule has 1 aromatic carbocycles. The van der Waals surface area contributed by atoms with Crippen molar-refractivity contribution in [1.29, 1.82) is 0 Å². The number of carboxylic acids is 1. The maximum absolute atomic E-state index is 11.9. The molecule has 3 N–H and O–H groups in total. The summed E-state index contributed by atoms with van der Waals surface area (Å²) in [5, 5.41) is 31.3. The van der Waals surface area contributed by atoms with Gasteiger partial charge < -0.3 is 15.5 Å². The highest BCUT2D eigenvalue weighted by Crippen LogP contribution is 2.26. The van der Waals surface area contributed by atoms with Crippen LogP contribution in [0.2, 0.25) is 0 Å². The second-order valence-corrected chi connectivity index (χ2v) is 4.47. The average molecular weight is 296 g/mol. The number of benzene rings is 1. The molecule has 1 amide bonds. The number of nitrogens with zero attached hydrogens (tertiary/aromatic N) is 1. The summed E-state index contributed by atoms with van der Waals surface area (Å²) in [4.78, 5) is 32.8. The van der Waals surface area contributed by atoms with Gasteiger partial charge in [-0.25, -0.2) is 4.79 Å². The molecule has 0 aliphatic rings. The third kappa shape index (κ3) is 4.44. The van der Waals surface area contributed by atoms with Gasteiger partial charge in [-0.05, 0) is 18.6 Å². The number of hydrogen-bond donors (Lipinski definition) is 3. The minimum Gasteiger partial charge on any atom is -0.502 e. The van der Waals surface area contributed by atoms with Gasteiger partial charge in [0.2, 0.25) is 0 Å². The number of phenolic OH excluding ortho intramolecular Hbond substituents is 1. The number of hydrogen-bond acceptors (Lipinski definition) is 5. The molecule has 1 unspecified atom stereocenters. The van der Waals surface area contributed by atoms with E-state index in [1.807, 2.05) is 6.92 Å². The van der Waals surface area contributed by atoms with Gasteiger partial charge in [0, 0.05) is 11.6 Å². The number of aliphatic carboxylic acids is 1. The van der Waals surface area contributed by atoms with Crippen molar-refractivity contribution in [1.82, 2.24) is 5.32 Å². The fraction of sp³-hybridized carbons (Fsp3) is 0.385. The summed E-state index contributed by atoms with van der Waals surface area (Å²) >= 11 is 0. The zero-order valence-electron chi connectivity index (χ0n) is 11.4. The van der Waals surface area contributed by atoms with Gasteiger partial charge in [-0.2, -0.15) is 0 Å². The standard InChI is InChI=1S/C13H16N2O6/c1-2-3-4-9(13(18)19)14-12(17)8-5-6-11(16)10(7-8)15(20)21/h5-7,9,16H,2-4H2,1H3,(H,14,17)(H,18,19). The van der Waals surface area contributed by atoms with E-state index in [0.29, 0.717) is 6.42 Å². The van der Waals surface area contributed by atoms with Crippen LogP contribution in [-0.2, 0) is 4.79 Å². The largest absolute Gasteiger partial charge is 0.502 e. The Bertz CT molecular complexity index is 558. The molecule has 0 spiro atoms. The molecular weight excluding hydrogens is 280 g/mol. The Balaban J connectivity index is 2.90. The molecule has 0 bridgehead atoms. The van der Waals surface area contributed by atoms with Gasteiger partial charge in [0.15, 0.2) is 5.75 Å². The smallest absolute Gasteiger partial charge is 0.326 e. The summed E-state index contributed by atoms with van der Waals surface area (Å²) in [7, 11) is 0. The van der Waals surface area contributed by atoms with Crippen molar-refractivity contribution in [3.05, 3.63) is 33.9 Å². The summed E-state index contributed by atoms with van der Waals surface area (Å²) in [6.07, 6.45) is 1.69. The summed E-state index contributed by atoms with van der Waals surface area (Å²) in [5.41, 5.74) is -0.690. The van der Waals surface area contributed by atoms with Crippen molar-refractivity contribution in [3.63, 3.8) is 0 Å². The van der Waals surface area contributed by atoms with Gasteiger partial charge in [0.05, 0.1) is 4.92 Å². The Morgan fingerprint density at radius 1 is 1.43 bits per heavy atom. The van der Waals surface area contributed by atoms with Crippen molar-refractivity contribution >= 4 is 17.6 Å². The first kappa shape index (κ1) is 16.4. The first-order chi connectivity index (χ1) is 9.86. The van der Waals surface area contributed by atoms with Crippen LogP contribution in [0.4, 0.5) is 5.69 Å². The van der Waals surface area contributed by atoms with Gasteiger partial charge in [-0.1, -0.05) is 19.8 Å². The molecule has 1 aromatic rings. The quantitative estimate of drug-likeness (QED) is 0.518. The number of amides is 1. The molecule has 1 rings (SSSR count). The number of phenols is 1. The number of nitro groups is 1. The summed E-state index contributed by atoms with van der Waals surface area (Å²) < 4.78 is 0. The average Bonchev–Trinajstić information content (AvgIpc) is 2.42. The monoisotopic (exact) mass is 296 g/mol. The lowest BCUT2D eigenvalue weighted by atomic mass is 10.1. The number of nitro benzene ring substituents is 1. The van der Waals surface area contributed by atoms with Crippen molar-refractivity contribution in [2.75, 3.05) is 0 Å². The molecule has 21 heavy (non-hydrogen) atoms. The molecule has 0 aromatic heterocycles. The molecule has 0 heterocycles. The normalized spacial score (nSPS) is 11.7. The van der Waals surface area contributed by atoms with Gasteiger partial charge in [0.25, 0.3) is 5.91 Å². The van der Waals surface area contributed by atoms with Crippen LogP contribution in [0, 0.1) is 10.1 Å². The van der Waals surface area contributed by atoms with E-state index >= 15 is 0 Å². The second-order valence-electron chi connectivity index (χ2n) is 4.47. The molecule has 8 nitrogen and oxygen atoms in total. The maximum Gasteiger partial charge on any atom is 0.326 e. The summed E-state index contributed by atoms with van der Waals surface area (Å²) in [6.45, 7) is 1.89. The van der Waals surface area contributed by atoms with Gasteiger partial charge in [-0.3, -0.25) is 14.9 Å². The molecular formula is C13H16N2O6. The van der Waals surface area contributed by atoms with E-state index in [-0.39, 0.29) is 12.0 Å². The third-order valence-corrected chi connectivity index (χ3v) is 2.88. The molecule has 0 saturated carbocycles. The number of unbranched alkanes of at least 4 members (excludes halogenated alkanes) is 1. The van der Waals surface area contributed by atoms with E-state index in [9.17, 15) is 24.8 Å². The number of carbonyl (C=O) groups is 2. The molecule has 0 aliphatic heterocycles. The Morgan fingerprint density at radius 2 is 2.10 bits per heavy atom. The zero-order valence-corrected chi connectivity index (χ0v) is 11.4. The van der Waals surface area contributed by atoms with Crippen LogP contribution in [0.5, 0.6) is 5.75 Å². The van der Waals surface area contributed by atoms with E-state index in [1.165, 1.54) is 6.07 Å². The highest BCUT2D eigenvalue weighted by atomic mass is 16.6. The van der Waals surface area contributed by atoms with Crippen molar-refractivity contribution in [2.24, 2.45) is 0 Å². The second kappa shape index (κ2) is 7.22. The van der Waals surface area contributed by atoms with Crippen molar-refractivity contribution < 1.29 is 24.7 Å². The highest BCUT2D eigenvalue weighted by molar-refractivity contribution is 5.97. The number of carbonyl (C=O) groups excluding carboxylic acids is 1. The molecule has 0 saturated heterocycles. The molecule has 114 valence electrons. The third-order valence-electron chi connectivity index (χ3n) is 2.88. The van der Waals surface area contributed by atoms with Crippen LogP contribution < -0.4 is 5.32 Å². The Labute approximate surface area is 120 Å². The van der Waals surface area contributed by atoms with E-state index in [1.54, 1.807) is 0 Å². The number of nitrogens with one attached hydrogen (secondary N) is 1. The Kier molecular flexibility index (Phi) is 5.65. The minimum absolute atomic E-state index is 0.0813. The van der Waals surface area contributed by atoms with Crippen LogP contribution >= 0.6 is 0 Å². The van der Waals surface area contributed by atoms with E-state index in [4.69, 9.17) is 5.11 Å². The molecule has 0 radical (unpaired) electrons. The lowest BCUT2D eigenvalue weighted by Gasteiger charge is -2.14. The number of carboxylic acid groups (broad SMARTS) is 1. The predicted molar refractivity (Wildman–Crippen MR) is 73.2 cm³/mol. The molecule has 8 heteroatoms. The van der Waals surface area contributed by atoms with Crippen LogP contribution in [0.1, 0.15) is 36.5 Å². The number of rotatable bonds is 7. The minimum atomic E-state index is -1.16. The van der Waals surface area contributed by atoms with Gasteiger partial charge in [-0.15, -0.1) is 0 Å². The van der Waals surface area contributed by atoms with Crippen molar-refractivity contribution in [2.45, 2.75) is 32.2 Å². The Morgan fingerprint density at radius 3 is 2.62 bits per heavy atom. The van der Waals surface area contributed by atoms with Crippen LogP contribution in [-0.4, -0.2) is 33.1 Å². The van der Waals surface area contributed by atoms with Gasteiger partial charge in [0.1, 0.15) is 6.04 Å². The maximum atomic E-state index is 11.9. The predicted octanol–water partition coefficient (Wildman–Crippen LogP) is 1.67. The Hall–Kier alpha value is -2.64. The van der Waals surface area contributed by atoms with Gasteiger partial charge >= 0.3 is 11.7 Å². The fourth-order valence-corrected chi connectivity index (χ4v) is 1.72. The zero-order chi connectivity index (χ0) is 16.0. The fourth-order valence-electron chi connectivity index (χ4n) is 1.72. The summed E-state index contributed by atoms with van der Waals surface area (Å²) in [6, 6.07) is 2.07. The van der Waals surface area contributed by atoms with E-state index < -0.39 is 34.3 Å². The lowest BCUT2D eigenvalue weighted by molar-refractivity contribution is -0.385. The molecule has 0 aliphatic carbocycles. The first-order valence-electron chi connectivity index (χ1n) is 6.37. The van der Waals surface area contributed by atoms with E-state index in [0.717, 1.165) is 18.6 Å². The van der Waals surface area contributed by atoms with Crippen LogP contribution in [0.3, 0.4) is 0 Å². The van der Waals surface area contributed by atoms with Crippen LogP contribution in [0.25, 0.3) is 0 Å². The molecule has 1 atom stereocenters.